The number of aliphatic hydroxyl groups is 1. The molecule has 0 aliphatic rings. The summed E-state index contributed by atoms with van der Waals surface area (Å²) >= 11 is 0. The summed E-state index contributed by atoms with van der Waals surface area (Å²) < 4.78 is 32.6. The number of sulfonamides is 1. The fourth-order valence-electron chi connectivity index (χ4n) is 2.55. The van der Waals surface area contributed by atoms with Gasteiger partial charge in [-0.3, -0.25) is 4.79 Å². The van der Waals surface area contributed by atoms with Crippen LogP contribution >= 0.6 is 0 Å². The van der Waals surface area contributed by atoms with E-state index in [2.05, 4.69) is 10.0 Å². The van der Waals surface area contributed by atoms with E-state index >= 15 is 0 Å². The van der Waals surface area contributed by atoms with Crippen molar-refractivity contribution in [3.8, 4) is 0 Å². The number of nitrogens with one attached hydrogen (secondary N) is 2. The summed E-state index contributed by atoms with van der Waals surface area (Å²) in [6.45, 7) is 7.19. The van der Waals surface area contributed by atoms with E-state index in [4.69, 9.17) is 4.42 Å². The highest BCUT2D eigenvalue weighted by Gasteiger charge is 2.18. The predicted molar refractivity (Wildman–Crippen MR) is 103 cm³/mol. The first-order valence-corrected chi connectivity index (χ1v) is 10.2. The molecule has 8 heteroatoms. The van der Waals surface area contributed by atoms with Crippen molar-refractivity contribution in [1.29, 1.82) is 0 Å². The van der Waals surface area contributed by atoms with Gasteiger partial charge in [-0.2, -0.15) is 0 Å². The molecule has 3 N–H and O–H groups in total. The number of hydrogen-bond donors (Lipinski definition) is 3. The maximum Gasteiger partial charge on any atom is 0.240 e. The second-order valence-corrected chi connectivity index (χ2v) is 8.51. The van der Waals surface area contributed by atoms with E-state index in [0.29, 0.717) is 22.8 Å². The highest BCUT2D eigenvalue weighted by atomic mass is 32.2. The average molecular weight is 394 g/mol. The number of carbonyl (C=O) groups is 1. The third-order valence-electron chi connectivity index (χ3n) is 4.10. The van der Waals surface area contributed by atoms with E-state index in [1.165, 1.54) is 12.1 Å². The topological polar surface area (TPSA) is 109 Å². The van der Waals surface area contributed by atoms with Crippen molar-refractivity contribution in [2.24, 2.45) is 5.92 Å². The van der Waals surface area contributed by atoms with E-state index in [1.807, 2.05) is 0 Å². The molecule has 1 heterocycles. The second kappa shape index (κ2) is 8.69. The van der Waals surface area contributed by atoms with Gasteiger partial charge in [0, 0.05) is 23.7 Å². The maximum absolute atomic E-state index is 12.4. The van der Waals surface area contributed by atoms with Crippen LogP contribution in [0.25, 0.3) is 0 Å². The van der Waals surface area contributed by atoms with E-state index < -0.39 is 16.1 Å². The molecule has 2 aromatic rings. The number of amides is 1. The summed E-state index contributed by atoms with van der Waals surface area (Å²) in [7, 11) is -3.70. The Labute approximate surface area is 159 Å². The Morgan fingerprint density at radius 2 is 1.81 bits per heavy atom. The molecular formula is C19H26N2O5S. The van der Waals surface area contributed by atoms with Gasteiger partial charge in [-0.05, 0) is 50.6 Å². The van der Waals surface area contributed by atoms with Crippen molar-refractivity contribution in [2.45, 2.75) is 45.1 Å². The number of benzene rings is 1. The molecule has 1 atom stereocenters. The summed E-state index contributed by atoms with van der Waals surface area (Å²) in [6, 6.07) is 7.69. The molecule has 1 amide bonds. The summed E-state index contributed by atoms with van der Waals surface area (Å²) in [5, 5.41) is 12.9. The minimum absolute atomic E-state index is 0.0823. The zero-order valence-corrected chi connectivity index (χ0v) is 16.8. The molecule has 0 unspecified atom stereocenters. The Balaban J connectivity index is 1.94. The Bertz CT molecular complexity index is 885. The normalized spacial score (nSPS) is 13.0. The van der Waals surface area contributed by atoms with Gasteiger partial charge in [0.25, 0.3) is 0 Å². The number of carbonyl (C=O) groups excluding carboxylic acids is 1. The van der Waals surface area contributed by atoms with Gasteiger partial charge < -0.3 is 14.8 Å². The summed E-state index contributed by atoms with van der Waals surface area (Å²) in [6.07, 6.45) is -0.583. The van der Waals surface area contributed by atoms with Gasteiger partial charge >= 0.3 is 0 Å². The van der Waals surface area contributed by atoms with Crippen molar-refractivity contribution < 1.29 is 22.7 Å². The van der Waals surface area contributed by atoms with Crippen LogP contribution in [0.4, 0.5) is 5.69 Å². The van der Waals surface area contributed by atoms with Crippen LogP contribution in [-0.2, 0) is 14.8 Å². The maximum atomic E-state index is 12.4. The molecule has 27 heavy (non-hydrogen) atoms. The lowest BCUT2D eigenvalue weighted by Crippen LogP contribution is -2.26. The van der Waals surface area contributed by atoms with Crippen LogP contribution in [0.15, 0.2) is 39.6 Å². The van der Waals surface area contributed by atoms with Crippen LogP contribution in [0.1, 0.15) is 43.5 Å². The summed E-state index contributed by atoms with van der Waals surface area (Å²) in [4.78, 5) is 11.8. The molecular weight excluding hydrogens is 368 g/mol. The molecule has 0 radical (unpaired) electrons. The molecule has 1 aromatic carbocycles. The molecule has 0 saturated carbocycles. The molecule has 7 nitrogen and oxygen atoms in total. The molecule has 0 aliphatic heterocycles. The Morgan fingerprint density at radius 3 is 2.33 bits per heavy atom. The third kappa shape index (κ3) is 5.66. The number of aryl methyl sites for hydroxylation is 2. The van der Waals surface area contributed by atoms with Crippen LogP contribution in [0.2, 0.25) is 0 Å². The lowest BCUT2D eigenvalue weighted by Gasteiger charge is -2.12. The monoisotopic (exact) mass is 394 g/mol. The number of furan rings is 1. The molecule has 2 rings (SSSR count). The number of hydrogen-bond acceptors (Lipinski definition) is 5. The minimum Gasteiger partial charge on any atom is -0.466 e. The zero-order chi connectivity index (χ0) is 20.2. The Kier molecular flexibility index (Phi) is 6.80. The highest BCUT2D eigenvalue weighted by molar-refractivity contribution is 7.89. The molecule has 0 saturated heterocycles. The van der Waals surface area contributed by atoms with Gasteiger partial charge in [0.2, 0.25) is 15.9 Å². The van der Waals surface area contributed by atoms with Crippen LogP contribution in [0.3, 0.4) is 0 Å². The lowest BCUT2D eigenvalue weighted by molar-refractivity contribution is -0.118. The lowest BCUT2D eigenvalue weighted by atomic mass is 10.1. The van der Waals surface area contributed by atoms with Gasteiger partial charge in [-0.15, -0.1) is 0 Å². The molecule has 0 aliphatic carbocycles. The average Bonchev–Trinajstić information content (AvgIpc) is 2.93. The minimum atomic E-state index is -3.70. The molecule has 1 aromatic heterocycles. The number of anilines is 1. The van der Waals surface area contributed by atoms with E-state index in [0.717, 1.165) is 0 Å². The van der Waals surface area contributed by atoms with Crippen molar-refractivity contribution in [2.75, 3.05) is 11.9 Å². The molecule has 148 valence electrons. The highest BCUT2D eigenvalue weighted by Crippen LogP contribution is 2.23. The van der Waals surface area contributed by atoms with Gasteiger partial charge in [0.05, 0.1) is 11.0 Å². The largest absolute Gasteiger partial charge is 0.466 e. The van der Waals surface area contributed by atoms with E-state index in [1.54, 1.807) is 45.9 Å². The fraction of sp³-hybridized carbons (Fsp3) is 0.421. The van der Waals surface area contributed by atoms with Crippen molar-refractivity contribution in [1.82, 2.24) is 4.72 Å². The third-order valence-corrected chi connectivity index (χ3v) is 5.58. The molecule has 0 bridgehead atoms. The number of aliphatic hydroxyl groups excluding tert-OH is 1. The van der Waals surface area contributed by atoms with Crippen LogP contribution < -0.4 is 10.0 Å². The Hall–Kier alpha value is -2.16. The second-order valence-electron chi connectivity index (χ2n) is 6.74. The SMILES string of the molecule is Cc1cc([C@@H](O)CCNS(=O)(=O)c2ccc(NC(=O)C(C)C)cc2)c(C)o1. The van der Waals surface area contributed by atoms with Gasteiger partial charge in [0.1, 0.15) is 11.5 Å². The van der Waals surface area contributed by atoms with Gasteiger partial charge in [-0.25, -0.2) is 13.1 Å². The van der Waals surface area contributed by atoms with E-state index in [-0.39, 0.29) is 29.7 Å². The van der Waals surface area contributed by atoms with Gasteiger partial charge in [0.15, 0.2) is 0 Å². The first-order chi connectivity index (χ1) is 12.6. The quantitative estimate of drug-likeness (QED) is 0.638. The van der Waals surface area contributed by atoms with Crippen LogP contribution in [0.5, 0.6) is 0 Å². The fourth-order valence-corrected chi connectivity index (χ4v) is 3.60. The van der Waals surface area contributed by atoms with Crippen molar-refractivity contribution in [3.63, 3.8) is 0 Å². The predicted octanol–water partition coefficient (Wildman–Crippen LogP) is 2.89. The standard InChI is InChI=1S/C19H26N2O5S/c1-12(2)19(23)21-15-5-7-16(8-6-15)27(24,25)20-10-9-18(22)17-11-13(3)26-14(17)4/h5-8,11-12,18,20,22H,9-10H2,1-4H3,(H,21,23)/t18-/m0/s1. The van der Waals surface area contributed by atoms with Crippen molar-refractivity contribution in [3.05, 3.63) is 47.4 Å². The first kappa shape index (κ1) is 21.1. The summed E-state index contributed by atoms with van der Waals surface area (Å²) in [5.41, 5.74) is 1.20. The van der Waals surface area contributed by atoms with Crippen molar-refractivity contribution >= 4 is 21.6 Å². The van der Waals surface area contributed by atoms with Gasteiger partial charge in [-0.1, -0.05) is 13.8 Å². The summed E-state index contributed by atoms with van der Waals surface area (Å²) in [5.74, 6) is 1.03. The molecule has 0 fully saturated rings. The van der Waals surface area contributed by atoms with Crippen LogP contribution in [0, 0.1) is 19.8 Å². The number of rotatable bonds is 8. The Morgan fingerprint density at radius 1 is 1.19 bits per heavy atom. The zero-order valence-electron chi connectivity index (χ0n) is 15.9. The first-order valence-electron chi connectivity index (χ1n) is 8.75. The van der Waals surface area contributed by atoms with Crippen LogP contribution in [-0.4, -0.2) is 26.0 Å². The molecule has 0 spiro atoms. The van der Waals surface area contributed by atoms with E-state index in [9.17, 15) is 18.3 Å². The smallest absolute Gasteiger partial charge is 0.240 e.